The summed E-state index contributed by atoms with van der Waals surface area (Å²) in [6.07, 6.45) is 4.24. The molecule has 0 unspecified atom stereocenters. The number of aryl methyl sites for hydroxylation is 1. The highest BCUT2D eigenvalue weighted by Gasteiger charge is 2.15. The Morgan fingerprint density at radius 3 is 2.73 bits per heavy atom. The van der Waals surface area contributed by atoms with Gasteiger partial charge in [-0.15, -0.1) is 0 Å². The molecule has 1 aliphatic rings. The summed E-state index contributed by atoms with van der Waals surface area (Å²) in [6, 6.07) is 7.80. The second-order valence-electron chi connectivity index (χ2n) is 5.83. The molecule has 1 aromatic rings. The van der Waals surface area contributed by atoms with E-state index < -0.39 is 9.84 Å². The molecular formula is C17H26O4S. The monoisotopic (exact) mass is 326 g/mol. The number of unbranched alkanes of at least 4 members (excludes halogenated alkanes) is 1. The molecule has 1 aliphatic heterocycles. The second-order valence-corrected chi connectivity index (χ2v) is 8.14. The van der Waals surface area contributed by atoms with Gasteiger partial charge in [-0.05, 0) is 30.5 Å². The maximum absolute atomic E-state index is 11.9. The summed E-state index contributed by atoms with van der Waals surface area (Å²) in [5.41, 5.74) is 1.02. The van der Waals surface area contributed by atoms with Gasteiger partial charge in [-0.1, -0.05) is 25.5 Å². The van der Waals surface area contributed by atoms with Crippen LogP contribution in [0.3, 0.4) is 0 Å². The number of rotatable bonds is 8. The van der Waals surface area contributed by atoms with Gasteiger partial charge in [0.2, 0.25) is 0 Å². The summed E-state index contributed by atoms with van der Waals surface area (Å²) in [7, 11) is -2.94. The van der Waals surface area contributed by atoms with Crippen LogP contribution in [-0.2, 0) is 21.0 Å². The van der Waals surface area contributed by atoms with E-state index >= 15 is 0 Å². The summed E-state index contributed by atoms with van der Waals surface area (Å²) >= 11 is 0. The topological polar surface area (TPSA) is 52.6 Å². The summed E-state index contributed by atoms with van der Waals surface area (Å²) in [5, 5.41) is 0. The van der Waals surface area contributed by atoms with Gasteiger partial charge < -0.3 is 9.47 Å². The molecule has 1 aromatic carbocycles. The molecule has 5 heteroatoms. The lowest BCUT2D eigenvalue weighted by Gasteiger charge is -2.23. The van der Waals surface area contributed by atoms with Crippen LogP contribution in [0.4, 0.5) is 0 Å². The number of benzene rings is 1. The van der Waals surface area contributed by atoms with Crippen molar-refractivity contribution in [2.24, 2.45) is 0 Å². The quantitative estimate of drug-likeness (QED) is 0.737. The Kier molecular flexibility index (Phi) is 6.70. The maximum Gasteiger partial charge on any atom is 0.150 e. The molecule has 1 fully saturated rings. The molecule has 0 amide bonds. The lowest BCUT2D eigenvalue weighted by Crippen LogP contribution is -2.25. The van der Waals surface area contributed by atoms with Crippen molar-refractivity contribution in [3.8, 4) is 5.75 Å². The van der Waals surface area contributed by atoms with E-state index in [1.165, 1.54) is 0 Å². The number of ether oxygens (including phenoxy) is 2. The summed E-state index contributed by atoms with van der Waals surface area (Å²) < 4.78 is 35.1. The first kappa shape index (κ1) is 17.3. The van der Waals surface area contributed by atoms with Crippen LogP contribution in [-0.4, -0.2) is 39.2 Å². The number of sulfone groups is 1. The first-order valence-electron chi connectivity index (χ1n) is 8.13. The van der Waals surface area contributed by atoms with Gasteiger partial charge in [0.25, 0.3) is 0 Å². The molecule has 0 aliphatic carbocycles. The van der Waals surface area contributed by atoms with Crippen LogP contribution in [0.5, 0.6) is 5.75 Å². The fourth-order valence-electron chi connectivity index (χ4n) is 2.50. The number of hydrogen-bond donors (Lipinski definition) is 0. The van der Waals surface area contributed by atoms with Crippen LogP contribution in [0.15, 0.2) is 24.3 Å². The SMILES string of the molecule is CCCCS(=O)(=O)CCc1cccc(OC2CCOCC2)c1. The van der Waals surface area contributed by atoms with Crippen LogP contribution in [0.2, 0.25) is 0 Å². The first-order valence-corrected chi connectivity index (χ1v) is 9.95. The van der Waals surface area contributed by atoms with E-state index in [0.717, 1.165) is 50.2 Å². The van der Waals surface area contributed by atoms with E-state index in [2.05, 4.69) is 0 Å². The van der Waals surface area contributed by atoms with Gasteiger partial charge >= 0.3 is 0 Å². The largest absolute Gasteiger partial charge is 0.490 e. The fourth-order valence-corrected chi connectivity index (χ4v) is 3.98. The Labute approximate surface area is 133 Å². The zero-order chi connectivity index (χ0) is 15.8. The minimum atomic E-state index is -2.94. The highest BCUT2D eigenvalue weighted by Crippen LogP contribution is 2.19. The van der Waals surface area contributed by atoms with Gasteiger partial charge in [-0.25, -0.2) is 8.42 Å². The van der Waals surface area contributed by atoms with Crippen molar-refractivity contribution in [3.05, 3.63) is 29.8 Å². The third-order valence-electron chi connectivity index (χ3n) is 3.88. The molecule has 2 rings (SSSR count). The molecule has 0 aromatic heterocycles. The first-order chi connectivity index (χ1) is 10.6. The normalized spacial score (nSPS) is 16.6. The Morgan fingerprint density at radius 2 is 2.00 bits per heavy atom. The summed E-state index contributed by atoms with van der Waals surface area (Å²) in [4.78, 5) is 0. The highest BCUT2D eigenvalue weighted by molar-refractivity contribution is 7.91. The van der Waals surface area contributed by atoms with Crippen LogP contribution >= 0.6 is 0 Å². The smallest absolute Gasteiger partial charge is 0.150 e. The number of hydrogen-bond acceptors (Lipinski definition) is 4. The molecule has 0 bridgehead atoms. The van der Waals surface area contributed by atoms with Crippen LogP contribution in [0.25, 0.3) is 0 Å². The van der Waals surface area contributed by atoms with Gasteiger partial charge in [-0.3, -0.25) is 0 Å². The van der Waals surface area contributed by atoms with Crippen LogP contribution < -0.4 is 4.74 Å². The Bertz CT molecular complexity index is 548. The van der Waals surface area contributed by atoms with E-state index in [0.29, 0.717) is 12.2 Å². The fraction of sp³-hybridized carbons (Fsp3) is 0.647. The molecule has 0 saturated carbocycles. The lowest BCUT2D eigenvalue weighted by molar-refractivity contribution is 0.0255. The summed E-state index contributed by atoms with van der Waals surface area (Å²) in [5.74, 6) is 1.34. The minimum Gasteiger partial charge on any atom is -0.490 e. The zero-order valence-electron chi connectivity index (χ0n) is 13.3. The molecule has 1 saturated heterocycles. The van der Waals surface area contributed by atoms with E-state index in [4.69, 9.17) is 9.47 Å². The van der Waals surface area contributed by atoms with E-state index in [9.17, 15) is 8.42 Å². The Morgan fingerprint density at radius 1 is 1.23 bits per heavy atom. The third kappa shape index (κ3) is 5.97. The van der Waals surface area contributed by atoms with Crippen molar-refractivity contribution < 1.29 is 17.9 Å². The molecular weight excluding hydrogens is 300 g/mol. The van der Waals surface area contributed by atoms with Crippen LogP contribution in [0.1, 0.15) is 38.2 Å². The second kappa shape index (κ2) is 8.53. The van der Waals surface area contributed by atoms with Gasteiger partial charge in [0.15, 0.2) is 9.84 Å². The maximum atomic E-state index is 11.9. The standard InChI is InChI=1S/C17H26O4S/c1-2-3-12-22(18,19)13-9-15-5-4-6-17(14-15)21-16-7-10-20-11-8-16/h4-6,14,16H,2-3,7-13H2,1H3. The molecule has 0 atom stereocenters. The van der Waals surface area contributed by atoms with Gasteiger partial charge in [0.05, 0.1) is 24.7 Å². The van der Waals surface area contributed by atoms with Gasteiger partial charge in [-0.2, -0.15) is 0 Å². The predicted octanol–water partition coefficient (Wildman–Crippen LogP) is 3.00. The highest BCUT2D eigenvalue weighted by atomic mass is 32.2. The van der Waals surface area contributed by atoms with Crippen molar-refractivity contribution in [2.75, 3.05) is 24.7 Å². The molecule has 124 valence electrons. The molecule has 22 heavy (non-hydrogen) atoms. The van der Waals surface area contributed by atoms with Crippen molar-refractivity contribution in [3.63, 3.8) is 0 Å². The molecule has 0 spiro atoms. The Hall–Kier alpha value is -1.07. The Balaban J connectivity index is 1.88. The molecule has 0 N–H and O–H groups in total. The van der Waals surface area contributed by atoms with E-state index in [-0.39, 0.29) is 11.9 Å². The van der Waals surface area contributed by atoms with Crippen molar-refractivity contribution in [1.82, 2.24) is 0 Å². The van der Waals surface area contributed by atoms with Gasteiger partial charge in [0.1, 0.15) is 11.9 Å². The van der Waals surface area contributed by atoms with Crippen molar-refractivity contribution in [2.45, 2.75) is 45.1 Å². The summed E-state index contributed by atoms with van der Waals surface area (Å²) in [6.45, 7) is 3.51. The van der Waals surface area contributed by atoms with E-state index in [1.54, 1.807) is 0 Å². The third-order valence-corrected chi connectivity index (χ3v) is 5.62. The average Bonchev–Trinajstić information content (AvgIpc) is 2.53. The van der Waals surface area contributed by atoms with Gasteiger partial charge in [0, 0.05) is 12.8 Å². The van der Waals surface area contributed by atoms with Crippen LogP contribution in [0, 0.1) is 0 Å². The average molecular weight is 326 g/mol. The minimum absolute atomic E-state index is 0.206. The molecule has 1 heterocycles. The van der Waals surface area contributed by atoms with E-state index in [1.807, 2.05) is 31.2 Å². The molecule has 0 radical (unpaired) electrons. The lowest BCUT2D eigenvalue weighted by atomic mass is 10.1. The van der Waals surface area contributed by atoms with Crippen molar-refractivity contribution >= 4 is 9.84 Å². The zero-order valence-corrected chi connectivity index (χ0v) is 14.1. The predicted molar refractivity (Wildman–Crippen MR) is 88.2 cm³/mol. The van der Waals surface area contributed by atoms with Crippen molar-refractivity contribution in [1.29, 1.82) is 0 Å². The molecule has 4 nitrogen and oxygen atoms in total.